The molecule has 0 radical (unpaired) electrons. The van der Waals surface area contributed by atoms with Gasteiger partial charge in [-0.1, -0.05) is 116 Å². The first-order chi connectivity index (χ1) is 27.9. The lowest BCUT2D eigenvalue weighted by Gasteiger charge is -2.57. The van der Waals surface area contributed by atoms with Crippen LogP contribution in [0.4, 0.5) is 17.1 Å². The van der Waals surface area contributed by atoms with Gasteiger partial charge in [0, 0.05) is 38.8 Å². The summed E-state index contributed by atoms with van der Waals surface area (Å²) in [6, 6.07) is 59.5. The summed E-state index contributed by atoms with van der Waals surface area (Å²) in [5, 5.41) is 2.47. The molecule has 2 fully saturated rings. The van der Waals surface area contributed by atoms with Crippen LogP contribution in [0.25, 0.3) is 38.6 Å². The Kier molecular flexibility index (Phi) is 7.88. The fourth-order valence-corrected chi connectivity index (χ4v) is 13.2. The molecule has 280 valence electrons. The van der Waals surface area contributed by atoms with Gasteiger partial charge in [-0.3, -0.25) is 0 Å². The molecule has 4 atom stereocenters. The van der Waals surface area contributed by atoms with E-state index in [9.17, 15) is 8.42 Å². The first-order valence-electron chi connectivity index (χ1n) is 20.5. The first-order valence-corrected chi connectivity index (χ1v) is 22.0. The highest BCUT2D eigenvalue weighted by molar-refractivity contribution is 7.91. The molecule has 1 spiro atoms. The molecule has 2 heterocycles. The maximum Gasteiger partial charge on any atom is 0.207 e. The van der Waals surface area contributed by atoms with Crippen LogP contribution in [-0.4, -0.2) is 13.0 Å². The number of hydrogen-bond acceptors (Lipinski definition) is 3. The molecule has 8 aromatic rings. The van der Waals surface area contributed by atoms with Crippen LogP contribution in [0.3, 0.4) is 0 Å². The zero-order valence-corrected chi connectivity index (χ0v) is 32.9. The molecule has 4 nitrogen and oxygen atoms in total. The van der Waals surface area contributed by atoms with E-state index in [-0.39, 0.29) is 5.41 Å². The second-order valence-electron chi connectivity index (χ2n) is 16.6. The number of fused-ring (bicyclic) bond motifs is 5. The van der Waals surface area contributed by atoms with Crippen molar-refractivity contribution in [1.82, 2.24) is 4.57 Å². The Morgan fingerprint density at radius 1 is 0.579 bits per heavy atom. The quantitative estimate of drug-likeness (QED) is 0.175. The molecule has 2 saturated carbocycles. The summed E-state index contributed by atoms with van der Waals surface area (Å²) in [5.41, 5.74) is 10.3. The van der Waals surface area contributed by atoms with E-state index in [1.54, 1.807) is 0 Å². The predicted molar refractivity (Wildman–Crippen MR) is 233 cm³/mol. The summed E-state index contributed by atoms with van der Waals surface area (Å²) in [6.07, 6.45) is 5.65. The third-order valence-electron chi connectivity index (χ3n) is 13.5. The lowest BCUT2D eigenvalue weighted by Crippen LogP contribution is -2.53. The number of benzene rings is 7. The van der Waals surface area contributed by atoms with Crippen LogP contribution in [0.2, 0.25) is 0 Å². The van der Waals surface area contributed by atoms with Crippen molar-refractivity contribution in [3.63, 3.8) is 0 Å². The molecular formula is C52H44N2O2S. The van der Waals surface area contributed by atoms with Gasteiger partial charge >= 0.3 is 0 Å². The Bertz CT molecular complexity index is 2880. The lowest BCUT2D eigenvalue weighted by atomic mass is 9.48. The van der Waals surface area contributed by atoms with Crippen LogP contribution < -0.4 is 4.90 Å². The summed E-state index contributed by atoms with van der Waals surface area (Å²) < 4.78 is 31.7. The van der Waals surface area contributed by atoms with Crippen molar-refractivity contribution in [3.05, 3.63) is 181 Å². The minimum atomic E-state index is -3.73. The molecule has 0 saturated heterocycles. The zero-order chi connectivity index (χ0) is 38.3. The molecule has 1 aromatic heterocycles. The molecule has 57 heavy (non-hydrogen) atoms. The van der Waals surface area contributed by atoms with Crippen LogP contribution in [0.5, 0.6) is 0 Å². The van der Waals surface area contributed by atoms with Crippen molar-refractivity contribution in [3.8, 4) is 16.8 Å². The van der Waals surface area contributed by atoms with Crippen molar-refractivity contribution >= 4 is 48.7 Å². The van der Waals surface area contributed by atoms with E-state index in [2.05, 4.69) is 162 Å². The summed E-state index contributed by atoms with van der Waals surface area (Å²) in [4.78, 5) is 3.33. The number of hydrogen-bond donors (Lipinski definition) is 0. The van der Waals surface area contributed by atoms with Gasteiger partial charge in [0.05, 0.1) is 26.5 Å². The van der Waals surface area contributed by atoms with Gasteiger partial charge in [-0.05, 0) is 127 Å². The Morgan fingerprint density at radius 2 is 1.16 bits per heavy atom. The van der Waals surface area contributed by atoms with Crippen molar-refractivity contribution in [2.24, 2.45) is 17.8 Å². The second kappa shape index (κ2) is 13.1. The van der Waals surface area contributed by atoms with Gasteiger partial charge in [0.1, 0.15) is 0 Å². The topological polar surface area (TPSA) is 42.3 Å². The van der Waals surface area contributed by atoms with E-state index < -0.39 is 9.84 Å². The van der Waals surface area contributed by atoms with E-state index in [0.29, 0.717) is 27.5 Å². The number of para-hydroxylation sites is 3. The van der Waals surface area contributed by atoms with Crippen molar-refractivity contribution in [2.45, 2.75) is 54.2 Å². The molecule has 2 aliphatic carbocycles. The maximum atomic E-state index is 14.7. The Balaban J connectivity index is 1.14. The van der Waals surface area contributed by atoms with Crippen LogP contribution >= 0.6 is 0 Å². The normalized spacial score (nSPS) is 21.9. The van der Waals surface area contributed by atoms with Gasteiger partial charge in [-0.2, -0.15) is 0 Å². The Hall–Kier alpha value is -5.91. The zero-order valence-electron chi connectivity index (χ0n) is 32.1. The minimum Gasteiger partial charge on any atom is -0.310 e. The number of nitrogens with zero attached hydrogens (tertiary/aromatic N) is 2. The van der Waals surface area contributed by atoms with E-state index in [1.165, 1.54) is 28.2 Å². The van der Waals surface area contributed by atoms with Crippen LogP contribution in [0, 0.1) is 17.8 Å². The van der Waals surface area contributed by atoms with Gasteiger partial charge in [0.15, 0.2) is 0 Å². The molecule has 0 N–H and O–H groups in total. The third kappa shape index (κ3) is 5.07. The number of rotatable bonds is 5. The molecule has 7 aromatic carbocycles. The average molecular weight is 761 g/mol. The molecule has 1 aliphatic heterocycles. The minimum absolute atomic E-state index is 0.358. The second-order valence-corrected chi connectivity index (χ2v) is 18.4. The van der Waals surface area contributed by atoms with Gasteiger partial charge in [0.25, 0.3) is 0 Å². The van der Waals surface area contributed by atoms with E-state index in [0.717, 1.165) is 70.7 Å². The lowest BCUT2D eigenvalue weighted by molar-refractivity contribution is 0.0488. The highest BCUT2D eigenvalue weighted by atomic mass is 32.2. The van der Waals surface area contributed by atoms with Gasteiger partial charge in [-0.15, -0.1) is 0 Å². The number of sulfone groups is 1. The fraction of sp³-hybridized carbons (Fsp3) is 0.192. The van der Waals surface area contributed by atoms with Crippen molar-refractivity contribution in [2.75, 3.05) is 4.90 Å². The third-order valence-corrected chi connectivity index (χ3v) is 15.4. The first kappa shape index (κ1) is 34.3. The largest absolute Gasteiger partial charge is 0.310 e. The van der Waals surface area contributed by atoms with Crippen LogP contribution in [0.15, 0.2) is 180 Å². The molecule has 1 unspecified atom stereocenters. The van der Waals surface area contributed by atoms with Gasteiger partial charge < -0.3 is 9.47 Å². The van der Waals surface area contributed by atoms with Crippen molar-refractivity contribution < 1.29 is 8.42 Å². The number of aromatic nitrogens is 1. The fourth-order valence-electron chi connectivity index (χ4n) is 11.4. The van der Waals surface area contributed by atoms with Crippen LogP contribution in [0.1, 0.15) is 50.2 Å². The summed E-state index contributed by atoms with van der Waals surface area (Å²) in [5.74, 6) is 1.37. The van der Waals surface area contributed by atoms with Crippen LogP contribution in [-0.2, 0) is 15.3 Å². The highest BCUT2D eigenvalue weighted by Gasteiger charge is 2.58. The SMILES string of the molecule is C[C@@H]1C[C@H]2CCC[C@@H](C1)C21c2ccccc2S(=O)(=O)c2ccc(N(c3ccc(-n4c5ccccc5c5ccccc54)cc3)c3ccccc3-c3ccccc3)cc21. The summed E-state index contributed by atoms with van der Waals surface area (Å²) in [6.45, 7) is 2.40. The smallest absolute Gasteiger partial charge is 0.207 e. The van der Waals surface area contributed by atoms with Gasteiger partial charge in [-0.25, -0.2) is 8.42 Å². The Morgan fingerprint density at radius 3 is 1.88 bits per heavy atom. The average Bonchev–Trinajstić information content (AvgIpc) is 3.58. The monoisotopic (exact) mass is 760 g/mol. The predicted octanol–water partition coefficient (Wildman–Crippen LogP) is 13.2. The van der Waals surface area contributed by atoms with E-state index >= 15 is 0 Å². The molecule has 2 bridgehead atoms. The van der Waals surface area contributed by atoms with E-state index in [1.807, 2.05) is 24.3 Å². The summed E-state index contributed by atoms with van der Waals surface area (Å²) in [7, 11) is -3.73. The van der Waals surface area contributed by atoms with Gasteiger partial charge in [0.2, 0.25) is 9.84 Å². The molecule has 11 rings (SSSR count). The van der Waals surface area contributed by atoms with Crippen molar-refractivity contribution in [1.29, 1.82) is 0 Å². The number of anilines is 3. The Labute approximate surface area is 335 Å². The molecule has 3 aliphatic rings. The van der Waals surface area contributed by atoms with E-state index in [4.69, 9.17) is 0 Å². The molecule has 5 heteroatoms. The standard InChI is InChI=1S/C52H44N2O2S/c1-35-32-37-16-13-17-38(33-35)52(37)45-21-8-12-25-50(45)57(55,56)51-31-30-41(34-46(51)52)53(47-22-9-5-18-42(47)36-14-3-2-4-15-36)39-26-28-40(29-27-39)54-48-23-10-6-19-43(48)44-20-7-11-24-49(44)54/h2-12,14-15,18-31,34-35,37-38H,13,16-17,32-33H2,1H3/t35-,37-,38+,52?. The maximum absolute atomic E-state index is 14.7. The molecule has 0 amide bonds. The summed E-state index contributed by atoms with van der Waals surface area (Å²) >= 11 is 0. The molecular weight excluding hydrogens is 717 g/mol. The highest BCUT2D eigenvalue weighted by Crippen LogP contribution is 2.64.